The number of carbonyl (C=O) groups excluding carboxylic acids is 2. The molecule has 1 aromatic carbocycles. The van der Waals surface area contributed by atoms with Gasteiger partial charge < -0.3 is 10.1 Å². The van der Waals surface area contributed by atoms with Crippen LogP contribution in [0.5, 0.6) is 0 Å². The number of hydrogen-bond acceptors (Lipinski definition) is 4. The molecule has 0 spiro atoms. The zero-order valence-electron chi connectivity index (χ0n) is 11.7. The zero-order valence-corrected chi connectivity index (χ0v) is 11.7. The van der Waals surface area contributed by atoms with Crippen molar-refractivity contribution in [2.45, 2.75) is 25.4 Å². The number of hydrogen-bond donors (Lipinski definition) is 1. The molecule has 2 rings (SSSR count). The third kappa shape index (κ3) is 5.01. The lowest BCUT2D eigenvalue weighted by atomic mass is 10.2. The van der Waals surface area contributed by atoms with Crippen molar-refractivity contribution >= 4 is 11.9 Å². The highest BCUT2D eigenvalue weighted by Gasteiger charge is 2.24. The molecular weight excluding hydrogens is 256 g/mol. The fourth-order valence-electron chi connectivity index (χ4n) is 1.96. The van der Waals surface area contributed by atoms with Gasteiger partial charge in [-0.05, 0) is 18.4 Å². The normalized spacial score (nSPS) is 14.1. The molecule has 1 N–H and O–H groups in total. The number of esters is 1. The molecule has 0 bridgehead atoms. The van der Waals surface area contributed by atoms with E-state index in [2.05, 4.69) is 10.1 Å². The zero-order chi connectivity index (χ0) is 14.4. The van der Waals surface area contributed by atoms with Gasteiger partial charge in [-0.2, -0.15) is 0 Å². The predicted molar refractivity (Wildman–Crippen MR) is 74.9 cm³/mol. The van der Waals surface area contributed by atoms with Crippen molar-refractivity contribution in [2.75, 3.05) is 20.2 Å². The first-order chi connectivity index (χ1) is 9.67. The number of nitrogens with zero attached hydrogens (tertiary/aromatic N) is 1. The smallest absolute Gasteiger partial charge is 0.319 e. The number of nitrogens with one attached hydrogen (secondary N) is 1. The first-order valence-corrected chi connectivity index (χ1v) is 6.80. The Hall–Kier alpha value is -1.88. The van der Waals surface area contributed by atoms with Crippen LogP contribution in [0.2, 0.25) is 0 Å². The largest absolute Gasteiger partial charge is 0.468 e. The van der Waals surface area contributed by atoms with Crippen molar-refractivity contribution in [1.82, 2.24) is 10.2 Å². The van der Waals surface area contributed by atoms with Crippen molar-refractivity contribution in [3.05, 3.63) is 35.9 Å². The number of amides is 1. The van der Waals surface area contributed by atoms with Gasteiger partial charge in [-0.1, -0.05) is 30.3 Å². The van der Waals surface area contributed by atoms with Gasteiger partial charge in [-0.15, -0.1) is 0 Å². The van der Waals surface area contributed by atoms with Gasteiger partial charge in [0.05, 0.1) is 20.2 Å². The molecule has 1 aliphatic rings. The van der Waals surface area contributed by atoms with Gasteiger partial charge in [-0.25, -0.2) is 0 Å². The topological polar surface area (TPSA) is 58.6 Å². The quantitative estimate of drug-likeness (QED) is 0.753. The van der Waals surface area contributed by atoms with Crippen LogP contribution >= 0.6 is 0 Å². The molecule has 0 aliphatic heterocycles. The predicted octanol–water partition coefficient (Wildman–Crippen LogP) is 0.940. The van der Waals surface area contributed by atoms with Crippen LogP contribution in [0.3, 0.4) is 0 Å². The molecular formula is C15H20N2O3. The van der Waals surface area contributed by atoms with Crippen molar-refractivity contribution in [1.29, 1.82) is 0 Å². The Morgan fingerprint density at radius 3 is 2.55 bits per heavy atom. The molecule has 1 aromatic rings. The summed E-state index contributed by atoms with van der Waals surface area (Å²) in [6, 6.07) is 10.1. The average molecular weight is 276 g/mol. The first kappa shape index (κ1) is 14.5. The molecule has 0 atom stereocenters. The molecule has 0 saturated heterocycles. The summed E-state index contributed by atoms with van der Waals surface area (Å²) in [6.45, 7) is 0.873. The molecule has 5 heteroatoms. The standard InChI is InChI=1S/C15H20N2O3/c1-20-15(19)11-17(9-12-5-3-2-4-6-12)10-14(18)16-13-7-8-13/h2-6,13H,7-11H2,1H3,(H,16,18). The minimum atomic E-state index is -0.333. The summed E-state index contributed by atoms with van der Waals surface area (Å²) in [4.78, 5) is 25.1. The van der Waals surface area contributed by atoms with Crippen LogP contribution in [-0.4, -0.2) is 43.0 Å². The third-order valence-corrected chi connectivity index (χ3v) is 3.14. The summed E-state index contributed by atoms with van der Waals surface area (Å²) >= 11 is 0. The van der Waals surface area contributed by atoms with Gasteiger partial charge in [0.15, 0.2) is 0 Å². The second-order valence-electron chi connectivity index (χ2n) is 5.05. The van der Waals surface area contributed by atoms with E-state index < -0.39 is 0 Å². The summed E-state index contributed by atoms with van der Waals surface area (Å²) in [5.74, 6) is -0.368. The van der Waals surface area contributed by atoms with Crippen LogP contribution in [0.15, 0.2) is 30.3 Å². The van der Waals surface area contributed by atoms with Crippen LogP contribution in [-0.2, 0) is 20.9 Å². The van der Waals surface area contributed by atoms with E-state index in [9.17, 15) is 9.59 Å². The minimum Gasteiger partial charge on any atom is -0.468 e. The van der Waals surface area contributed by atoms with E-state index in [-0.39, 0.29) is 25.0 Å². The maximum absolute atomic E-state index is 11.9. The molecule has 1 fully saturated rings. The van der Waals surface area contributed by atoms with Gasteiger partial charge in [0, 0.05) is 12.6 Å². The molecule has 108 valence electrons. The lowest BCUT2D eigenvalue weighted by molar-refractivity contribution is -0.142. The van der Waals surface area contributed by atoms with Crippen LogP contribution in [0.25, 0.3) is 0 Å². The van der Waals surface area contributed by atoms with Gasteiger partial charge in [-0.3, -0.25) is 14.5 Å². The van der Waals surface area contributed by atoms with E-state index in [0.29, 0.717) is 12.6 Å². The van der Waals surface area contributed by atoms with E-state index in [1.807, 2.05) is 30.3 Å². The van der Waals surface area contributed by atoms with E-state index in [1.54, 1.807) is 4.90 Å². The SMILES string of the molecule is COC(=O)CN(CC(=O)NC1CC1)Cc1ccccc1. The number of benzene rings is 1. The Bertz CT molecular complexity index is 457. The highest BCUT2D eigenvalue weighted by atomic mass is 16.5. The molecule has 1 saturated carbocycles. The molecule has 5 nitrogen and oxygen atoms in total. The van der Waals surface area contributed by atoms with E-state index >= 15 is 0 Å². The fourth-order valence-corrected chi connectivity index (χ4v) is 1.96. The van der Waals surface area contributed by atoms with Crippen molar-refractivity contribution in [2.24, 2.45) is 0 Å². The van der Waals surface area contributed by atoms with E-state index in [4.69, 9.17) is 0 Å². The summed E-state index contributed by atoms with van der Waals surface area (Å²) in [7, 11) is 1.35. The fraction of sp³-hybridized carbons (Fsp3) is 0.467. The Labute approximate surface area is 118 Å². The van der Waals surface area contributed by atoms with Crippen molar-refractivity contribution < 1.29 is 14.3 Å². The molecule has 0 unspecified atom stereocenters. The maximum atomic E-state index is 11.9. The highest BCUT2D eigenvalue weighted by Crippen LogP contribution is 2.18. The molecule has 20 heavy (non-hydrogen) atoms. The number of rotatable bonds is 7. The lowest BCUT2D eigenvalue weighted by Crippen LogP contribution is -2.40. The summed E-state index contributed by atoms with van der Waals surface area (Å²) in [5, 5.41) is 2.93. The highest BCUT2D eigenvalue weighted by molar-refractivity contribution is 5.79. The van der Waals surface area contributed by atoms with Gasteiger partial charge in [0.2, 0.25) is 5.91 Å². The summed E-state index contributed by atoms with van der Waals surface area (Å²) in [6.07, 6.45) is 2.11. The molecule has 1 aliphatic carbocycles. The number of methoxy groups -OCH3 is 1. The van der Waals surface area contributed by atoms with Gasteiger partial charge in [0.1, 0.15) is 0 Å². The Kier molecular flexibility index (Phi) is 5.12. The molecule has 0 aromatic heterocycles. The summed E-state index contributed by atoms with van der Waals surface area (Å²) < 4.78 is 4.68. The Morgan fingerprint density at radius 2 is 1.95 bits per heavy atom. The minimum absolute atomic E-state index is 0.0349. The second-order valence-corrected chi connectivity index (χ2v) is 5.05. The number of carbonyl (C=O) groups is 2. The molecule has 0 heterocycles. The van der Waals surface area contributed by atoms with Crippen molar-refractivity contribution in [3.63, 3.8) is 0 Å². The van der Waals surface area contributed by atoms with Gasteiger partial charge >= 0.3 is 5.97 Å². The van der Waals surface area contributed by atoms with Crippen molar-refractivity contribution in [3.8, 4) is 0 Å². The van der Waals surface area contributed by atoms with E-state index in [1.165, 1.54) is 7.11 Å². The van der Waals surface area contributed by atoms with Crippen LogP contribution in [0.1, 0.15) is 18.4 Å². The number of ether oxygens (including phenoxy) is 1. The van der Waals surface area contributed by atoms with Crippen LogP contribution in [0, 0.1) is 0 Å². The Balaban J connectivity index is 1.92. The Morgan fingerprint density at radius 1 is 1.25 bits per heavy atom. The second kappa shape index (κ2) is 7.05. The maximum Gasteiger partial charge on any atom is 0.319 e. The summed E-state index contributed by atoms with van der Waals surface area (Å²) in [5.41, 5.74) is 1.07. The molecule has 1 amide bonds. The monoisotopic (exact) mass is 276 g/mol. The van der Waals surface area contributed by atoms with Crippen LogP contribution in [0.4, 0.5) is 0 Å². The average Bonchev–Trinajstić information content (AvgIpc) is 3.23. The molecule has 0 radical (unpaired) electrons. The van der Waals surface area contributed by atoms with Gasteiger partial charge in [0.25, 0.3) is 0 Å². The lowest BCUT2D eigenvalue weighted by Gasteiger charge is -2.20. The third-order valence-electron chi connectivity index (χ3n) is 3.14. The first-order valence-electron chi connectivity index (χ1n) is 6.80. The van der Waals surface area contributed by atoms with Crippen LogP contribution < -0.4 is 5.32 Å². The van der Waals surface area contributed by atoms with E-state index in [0.717, 1.165) is 18.4 Å².